The molecule has 18 heavy (non-hydrogen) atoms. The molecule has 0 unspecified atom stereocenters. The zero-order valence-corrected chi connectivity index (χ0v) is 10.3. The molecule has 1 rings (SSSR count). The quantitative estimate of drug-likeness (QED) is 0.794. The van der Waals surface area contributed by atoms with Gasteiger partial charge in [0.15, 0.2) is 0 Å². The van der Waals surface area contributed by atoms with Gasteiger partial charge in [-0.1, -0.05) is 0 Å². The lowest BCUT2D eigenvalue weighted by atomic mass is 10.2. The van der Waals surface area contributed by atoms with Gasteiger partial charge >= 0.3 is 0 Å². The Morgan fingerprint density at radius 2 is 2.06 bits per heavy atom. The smallest absolute Gasteiger partial charge is 0.259 e. The van der Waals surface area contributed by atoms with Gasteiger partial charge in [-0.25, -0.2) is 0 Å². The average molecular weight is 243 g/mol. The highest BCUT2D eigenvalue weighted by Gasteiger charge is 2.18. The monoisotopic (exact) mass is 243 g/mol. The average Bonchev–Trinajstić information content (AvgIpc) is 2.37. The number of rotatable bonds is 4. The zero-order chi connectivity index (χ0) is 13.5. The molecule has 0 aliphatic carbocycles. The molecule has 0 aromatic carbocycles. The molecular formula is C12H13N5O. The molecule has 0 bridgehead atoms. The van der Waals surface area contributed by atoms with Gasteiger partial charge in [0.1, 0.15) is 13.1 Å². The molecule has 0 aliphatic heterocycles. The molecule has 6 nitrogen and oxygen atoms in total. The SMILES string of the molecule is CNc1cc(C)ncc1C(=O)N(CC#N)CC#N. The second-order valence-corrected chi connectivity index (χ2v) is 3.60. The first-order valence-electron chi connectivity index (χ1n) is 5.31. The number of pyridine rings is 1. The highest BCUT2D eigenvalue weighted by atomic mass is 16.2. The van der Waals surface area contributed by atoms with Crippen LogP contribution in [0.1, 0.15) is 16.1 Å². The number of nitriles is 2. The van der Waals surface area contributed by atoms with E-state index in [0.717, 1.165) is 5.69 Å². The summed E-state index contributed by atoms with van der Waals surface area (Å²) >= 11 is 0. The number of carbonyl (C=O) groups is 1. The van der Waals surface area contributed by atoms with Gasteiger partial charge in [0, 0.05) is 18.9 Å². The van der Waals surface area contributed by atoms with Crippen LogP contribution in [0.4, 0.5) is 5.69 Å². The summed E-state index contributed by atoms with van der Waals surface area (Å²) in [6, 6.07) is 5.47. The predicted molar refractivity (Wildman–Crippen MR) is 65.7 cm³/mol. The molecular weight excluding hydrogens is 230 g/mol. The van der Waals surface area contributed by atoms with Crippen LogP contribution in [0.15, 0.2) is 12.3 Å². The number of aryl methyl sites for hydroxylation is 1. The largest absolute Gasteiger partial charge is 0.387 e. The first kappa shape index (κ1) is 13.5. The molecule has 0 atom stereocenters. The fourth-order valence-corrected chi connectivity index (χ4v) is 1.48. The zero-order valence-electron chi connectivity index (χ0n) is 10.3. The first-order valence-corrected chi connectivity index (χ1v) is 5.31. The Morgan fingerprint density at radius 3 is 2.56 bits per heavy atom. The van der Waals surface area contributed by atoms with Gasteiger partial charge in [0.25, 0.3) is 5.91 Å². The lowest BCUT2D eigenvalue weighted by molar-refractivity contribution is 0.0795. The van der Waals surface area contributed by atoms with Crippen LogP contribution in [0.2, 0.25) is 0 Å². The molecule has 0 saturated heterocycles. The van der Waals surface area contributed by atoms with E-state index in [1.807, 2.05) is 19.1 Å². The molecule has 1 amide bonds. The van der Waals surface area contributed by atoms with E-state index in [2.05, 4.69) is 10.3 Å². The van der Waals surface area contributed by atoms with Gasteiger partial charge in [0.2, 0.25) is 0 Å². The normalized spacial score (nSPS) is 9.11. The lowest BCUT2D eigenvalue weighted by Crippen LogP contribution is -2.32. The maximum absolute atomic E-state index is 12.2. The Morgan fingerprint density at radius 1 is 1.44 bits per heavy atom. The van der Waals surface area contributed by atoms with Crippen molar-refractivity contribution in [3.63, 3.8) is 0 Å². The lowest BCUT2D eigenvalue weighted by Gasteiger charge is -2.17. The molecule has 1 N–H and O–H groups in total. The number of amides is 1. The van der Waals surface area contributed by atoms with Gasteiger partial charge in [-0.2, -0.15) is 10.5 Å². The van der Waals surface area contributed by atoms with Crippen LogP contribution in [0.5, 0.6) is 0 Å². The summed E-state index contributed by atoms with van der Waals surface area (Å²) in [7, 11) is 1.70. The third-order valence-electron chi connectivity index (χ3n) is 2.35. The fraction of sp³-hybridized carbons (Fsp3) is 0.333. The summed E-state index contributed by atoms with van der Waals surface area (Å²) < 4.78 is 0. The number of carbonyl (C=O) groups excluding carboxylic acids is 1. The van der Waals surface area contributed by atoms with Crippen molar-refractivity contribution >= 4 is 11.6 Å². The van der Waals surface area contributed by atoms with E-state index >= 15 is 0 Å². The maximum Gasteiger partial charge on any atom is 0.259 e. The van der Waals surface area contributed by atoms with Gasteiger partial charge in [0.05, 0.1) is 23.4 Å². The molecule has 0 spiro atoms. The molecule has 1 heterocycles. The fourth-order valence-electron chi connectivity index (χ4n) is 1.48. The van der Waals surface area contributed by atoms with Crippen LogP contribution in [0, 0.1) is 29.6 Å². The summed E-state index contributed by atoms with van der Waals surface area (Å²) in [4.78, 5) is 17.4. The minimum Gasteiger partial charge on any atom is -0.387 e. The topological polar surface area (TPSA) is 92.8 Å². The Hall–Kier alpha value is -2.60. The Bertz CT molecular complexity index is 510. The standard InChI is InChI=1S/C12H13N5O/c1-9-7-11(15-2)10(8-16-9)12(18)17(5-3-13)6-4-14/h7-8H,5-6H2,1-2H3,(H,15,16). The third-order valence-corrected chi connectivity index (χ3v) is 2.35. The minimum absolute atomic E-state index is 0.122. The van der Waals surface area contributed by atoms with Crippen molar-refractivity contribution in [2.24, 2.45) is 0 Å². The summed E-state index contributed by atoms with van der Waals surface area (Å²) in [6.45, 7) is 1.57. The maximum atomic E-state index is 12.2. The van der Waals surface area contributed by atoms with Crippen molar-refractivity contribution in [3.8, 4) is 12.1 Å². The van der Waals surface area contributed by atoms with E-state index in [-0.39, 0.29) is 19.0 Å². The van der Waals surface area contributed by atoms with Crippen molar-refractivity contribution in [2.45, 2.75) is 6.92 Å². The van der Waals surface area contributed by atoms with Gasteiger partial charge < -0.3 is 10.2 Å². The number of hydrogen-bond donors (Lipinski definition) is 1. The number of hydrogen-bond acceptors (Lipinski definition) is 5. The molecule has 0 saturated carbocycles. The second-order valence-electron chi connectivity index (χ2n) is 3.60. The molecule has 6 heteroatoms. The summed E-state index contributed by atoms with van der Waals surface area (Å²) in [5, 5.41) is 20.2. The molecule has 1 aromatic heterocycles. The highest BCUT2D eigenvalue weighted by molar-refractivity contribution is 5.99. The van der Waals surface area contributed by atoms with Crippen LogP contribution >= 0.6 is 0 Å². The Balaban J connectivity index is 3.09. The number of nitrogens with zero attached hydrogens (tertiary/aromatic N) is 4. The van der Waals surface area contributed by atoms with Gasteiger partial charge in [-0.3, -0.25) is 9.78 Å². The molecule has 0 fully saturated rings. The van der Waals surface area contributed by atoms with E-state index in [1.165, 1.54) is 11.1 Å². The van der Waals surface area contributed by atoms with Gasteiger partial charge in [-0.15, -0.1) is 0 Å². The van der Waals surface area contributed by atoms with E-state index in [9.17, 15) is 4.79 Å². The van der Waals surface area contributed by atoms with Crippen molar-refractivity contribution in [1.82, 2.24) is 9.88 Å². The van der Waals surface area contributed by atoms with Crippen molar-refractivity contribution < 1.29 is 4.79 Å². The predicted octanol–water partition coefficient (Wildman–Crippen LogP) is 0.921. The van der Waals surface area contributed by atoms with Crippen molar-refractivity contribution in [1.29, 1.82) is 10.5 Å². The van der Waals surface area contributed by atoms with Crippen LogP contribution in [-0.4, -0.2) is 35.9 Å². The first-order chi connectivity index (χ1) is 8.63. The van der Waals surface area contributed by atoms with E-state index in [4.69, 9.17) is 10.5 Å². The van der Waals surface area contributed by atoms with Crippen molar-refractivity contribution in [2.75, 3.05) is 25.5 Å². The summed E-state index contributed by atoms with van der Waals surface area (Å²) in [5.74, 6) is -0.380. The number of nitrogens with one attached hydrogen (secondary N) is 1. The molecule has 0 aliphatic rings. The van der Waals surface area contributed by atoms with Crippen LogP contribution in [0.3, 0.4) is 0 Å². The third kappa shape index (κ3) is 2.96. The second kappa shape index (κ2) is 6.21. The van der Waals surface area contributed by atoms with Crippen LogP contribution < -0.4 is 5.32 Å². The van der Waals surface area contributed by atoms with E-state index in [0.29, 0.717) is 11.3 Å². The summed E-state index contributed by atoms with van der Waals surface area (Å²) in [5.41, 5.74) is 1.77. The van der Waals surface area contributed by atoms with E-state index in [1.54, 1.807) is 13.1 Å². The Kier molecular flexibility index (Phi) is 4.65. The number of aromatic nitrogens is 1. The molecule has 92 valence electrons. The summed E-state index contributed by atoms with van der Waals surface area (Å²) in [6.07, 6.45) is 1.45. The van der Waals surface area contributed by atoms with Crippen LogP contribution in [0.25, 0.3) is 0 Å². The Labute approximate surface area is 105 Å². The molecule has 1 aromatic rings. The van der Waals surface area contributed by atoms with E-state index < -0.39 is 0 Å². The molecule has 0 radical (unpaired) electrons. The highest BCUT2D eigenvalue weighted by Crippen LogP contribution is 2.17. The van der Waals surface area contributed by atoms with Gasteiger partial charge in [-0.05, 0) is 13.0 Å². The minimum atomic E-state index is -0.380. The van der Waals surface area contributed by atoms with Crippen LogP contribution in [-0.2, 0) is 0 Å². The number of anilines is 1. The van der Waals surface area contributed by atoms with Crippen molar-refractivity contribution in [3.05, 3.63) is 23.5 Å².